The Morgan fingerprint density at radius 3 is 2.93 bits per heavy atom. The number of furan rings is 1. The van der Waals surface area contributed by atoms with Gasteiger partial charge in [-0.1, -0.05) is 0 Å². The third kappa shape index (κ3) is 0.837. The van der Waals surface area contributed by atoms with E-state index in [4.69, 9.17) is 4.42 Å². The van der Waals surface area contributed by atoms with Crippen molar-refractivity contribution >= 4 is 23.8 Å². The number of hydrogen-bond acceptors (Lipinski definition) is 4. The number of rotatable bonds is 1. The number of carbonyl (C=O) groups is 2. The predicted octanol–water partition coefficient (Wildman–Crippen LogP) is 0.989. The zero-order chi connectivity index (χ0) is 9.76. The van der Waals surface area contributed by atoms with Crippen LogP contribution >= 0.6 is 0 Å². The van der Waals surface area contributed by atoms with Gasteiger partial charge in [-0.05, 0) is 12.8 Å². The Labute approximate surface area is 79.5 Å². The first-order valence-electron chi connectivity index (χ1n) is 4.42. The molecule has 1 aromatic rings. The highest BCUT2D eigenvalue weighted by Crippen LogP contribution is 2.45. The second kappa shape index (κ2) is 2.17. The molecule has 0 unspecified atom stereocenters. The molecule has 0 atom stereocenters. The van der Waals surface area contributed by atoms with Gasteiger partial charge in [-0.15, -0.1) is 0 Å². The molecule has 1 aliphatic carbocycles. The van der Waals surface area contributed by atoms with Crippen molar-refractivity contribution in [3.8, 4) is 0 Å². The van der Waals surface area contributed by atoms with Crippen LogP contribution < -0.4 is 10.6 Å². The number of hydrogen-bond donors (Lipinski definition) is 2. The molecular weight excluding hydrogens is 184 g/mol. The lowest BCUT2D eigenvalue weighted by atomic mass is 10.2. The van der Waals surface area contributed by atoms with Gasteiger partial charge in [0.1, 0.15) is 11.2 Å². The number of fused-ring (bicyclic) bond motifs is 1. The van der Waals surface area contributed by atoms with Crippen LogP contribution in [-0.4, -0.2) is 17.7 Å². The van der Waals surface area contributed by atoms with Crippen molar-refractivity contribution < 1.29 is 14.0 Å². The van der Waals surface area contributed by atoms with Gasteiger partial charge < -0.3 is 9.73 Å². The minimum absolute atomic E-state index is 0.0724. The topological polar surface area (TPSA) is 71.3 Å². The average molecular weight is 192 g/mol. The standard InChI is InChI=1S/C9H8N2O3/c12-4-5-3-6-7(14-5)10-8(13)9(11-6)1-2-9/h3-4,11H,1-2H2,(H,10,13). The summed E-state index contributed by atoms with van der Waals surface area (Å²) in [6, 6.07) is 1.60. The SMILES string of the molecule is O=Cc1cc2c(o1)NC(=O)C1(CC1)N2. The van der Waals surface area contributed by atoms with Gasteiger partial charge in [0.15, 0.2) is 12.0 Å². The number of nitrogens with one attached hydrogen (secondary N) is 2. The number of aldehydes is 1. The Balaban J connectivity index is 2.04. The largest absolute Gasteiger partial charge is 0.435 e. The number of anilines is 2. The first-order valence-corrected chi connectivity index (χ1v) is 4.42. The van der Waals surface area contributed by atoms with E-state index < -0.39 is 5.54 Å². The molecule has 2 heterocycles. The summed E-state index contributed by atoms with van der Waals surface area (Å²) in [4.78, 5) is 22.0. The fraction of sp³-hybridized carbons (Fsp3) is 0.333. The summed E-state index contributed by atoms with van der Waals surface area (Å²) < 4.78 is 5.08. The van der Waals surface area contributed by atoms with Crippen LogP contribution in [0.1, 0.15) is 23.4 Å². The van der Waals surface area contributed by atoms with Crippen LogP contribution in [-0.2, 0) is 4.79 Å². The van der Waals surface area contributed by atoms with Crippen molar-refractivity contribution in [2.24, 2.45) is 0 Å². The van der Waals surface area contributed by atoms with E-state index in [9.17, 15) is 9.59 Å². The summed E-state index contributed by atoms with van der Waals surface area (Å²) in [5, 5.41) is 5.73. The Morgan fingerprint density at radius 2 is 2.29 bits per heavy atom. The molecule has 1 aliphatic heterocycles. The summed E-state index contributed by atoms with van der Waals surface area (Å²) in [6.45, 7) is 0. The Bertz CT molecular complexity index is 431. The van der Waals surface area contributed by atoms with Gasteiger partial charge in [0.2, 0.25) is 5.88 Å². The maximum atomic E-state index is 11.5. The highest BCUT2D eigenvalue weighted by molar-refractivity contribution is 6.07. The van der Waals surface area contributed by atoms with E-state index in [1.807, 2.05) is 0 Å². The molecule has 5 heteroatoms. The lowest BCUT2D eigenvalue weighted by molar-refractivity contribution is -0.118. The van der Waals surface area contributed by atoms with E-state index in [0.717, 1.165) is 12.8 Å². The lowest BCUT2D eigenvalue weighted by Gasteiger charge is -2.22. The molecule has 1 amide bonds. The smallest absolute Gasteiger partial charge is 0.252 e. The van der Waals surface area contributed by atoms with E-state index >= 15 is 0 Å². The van der Waals surface area contributed by atoms with E-state index in [-0.39, 0.29) is 11.7 Å². The van der Waals surface area contributed by atoms with Gasteiger partial charge in [-0.3, -0.25) is 14.9 Å². The Hall–Kier alpha value is -1.78. The van der Waals surface area contributed by atoms with Crippen molar-refractivity contribution in [1.82, 2.24) is 0 Å². The monoisotopic (exact) mass is 192 g/mol. The fourth-order valence-corrected chi connectivity index (χ4v) is 1.67. The second-order valence-corrected chi connectivity index (χ2v) is 3.67. The minimum atomic E-state index is -0.434. The van der Waals surface area contributed by atoms with Crippen LogP contribution in [0.5, 0.6) is 0 Å². The highest BCUT2D eigenvalue weighted by Gasteiger charge is 2.53. The normalized spacial score (nSPS) is 21.0. The van der Waals surface area contributed by atoms with Crippen molar-refractivity contribution in [3.05, 3.63) is 11.8 Å². The first kappa shape index (κ1) is 7.61. The van der Waals surface area contributed by atoms with Crippen molar-refractivity contribution in [2.45, 2.75) is 18.4 Å². The molecule has 0 aromatic carbocycles. The average Bonchev–Trinajstić information content (AvgIpc) is 2.82. The molecule has 0 saturated heterocycles. The fourth-order valence-electron chi connectivity index (χ4n) is 1.67. The van der Waals surface area contributed by atoms with Crippen LogP contribution in [0, 0.1) is 0 Å². The number of amides is 1. The van der Waals surface area contributed by atoms with Gasteiger partial charge >= 0.3 is 0 Å². The molecule has 14 heavy (non-hydrogen) atoms. The highest BCUT2D eigenvalue weighted by atomic mass is 16.4. The van der Waals surface area contributed by atoms with Crippen molar-refractivity contribution in [2.75, 3.05) is 10.6 Å². The zero-order valence-electron chi connectivity index (χ0n) is 7.29. The summed E-state index contributed by atoms with van der Waals surface area (Å²) >= 11 is 0. The lowest BCUT2D eigenvalue weighted by Crippen LogP contribution is -2.40. The molecule has 5 nitrogen and oxygen atoms in total. The molecule has 3 rings (SSSR count). The molecule has 1 saturated carbocycles. The Morgan fingerprint density at radius 1 is 1.50 bits per heavy atom. The molecular formula is C9H8N2O3. The molecule has 1 aromatic heterocycles. The van der Waals surface area contributed by atoms with E-state index in [2.05, 4.69) is 10.6 Å². The summed E-state index contributed by atoms with van der Waals surface area (Å²) in [6.07, 6.45) is 2.28. The van der Waals surface area contributed by atoms with Crippen LogP contribution in [0.25, 0.3) is 0 Å². The molecule has 0 bridgehead atoms. The summed E-state index contributed by atoms with van der Waals surface area (Å²) in [7, 11) is 0. The van der Waals surface area contributed by atoms with Gasteiger partial charge in [0.05, 0.1) is 0 Å². The van der Waals surface area contributed by atoms with E-state index in [1.165, 1.54) is 0 Å². The molecule has 72 valence electrons. The van der Waals surface area contributed by atoms with Crippen molar-refractivity contribution in [3.63, 3.8) is 0 Å². The summed E-state index contributed by atoms with van der Waals surface area (Å²) in [5.74, 6) is 0.493. The second-order valence-electron chi connectivity index (χ2n) is 3.67. The minimum Gasteiger partial charge on any atom is -0.435 e. The van der Waals surface area contributed by atoms with Crippen molar-refractivity contribution in [1.29, 1.82) is 0 Å². The molecule has 1 spiro atoms. The Kier molecular flexibility index (Phi) is 1.18. The first-order chi connectivity index (χ1) is 6.73. The molecule has 1 fully saturated rings. The van der Waals surface area contributed by atoms with E-state index in [0.29, 0.717) is 17.9 Å². The van der Waals surface area contributed by atoms with Gasteiger partial charge in [0.25, 0.3) is 5.91 Å². The van der Waals surface area contributed by atoms with Gasteiger partial charge in [-0.2, -0.15) is 0 Å². The molecule has 0 radical (unpaired) electrons. The maximum Gasteiger partial charge on any atom is 0.252 e. The van der Waals surface area contributed by atoms with Crippen LogP contribution in [0.3, 0.4) is 0 Å². The van der Waals surface area contributed by atoms with Gasteiger partial charge in [0, 0.05) is 6.07 Å². The maximum absolute atomic E-state index is 11.5. The third-order valence-corrected chi connectivity index (χ3v) is 2.65. The predicted molar refractivity (Wildman–Crippen MR) is 48.3 cm³/mol. The summed E-state index contributed by atoms with van der Waals surface area (Å²) in [5.41, 5.74) is 0.265. The van der Waals surface area contributed by atoms with E-state index in [1.54, 1.807) is 6.07 Å². The third-order valence-electron chi connectivity index (χ3n) is 2.65. The number of carbonyl (C=O) groups excluding carboxylic acids is 2. The van der Waals surface area contributed by atoms with Gasteiger partial charge in [-0.25, -0.2) is 0 Å². The quantitative estimate of drug-likeness (QED) is 0.651. The van der Waals surface area contributed by atoms with Crippen LogP contribution in [0.4, 0.5) is 11.6 Å². The molecule has 2 N–H and O–H groups in total. The zero-order valence-corrected chi connectivity index (χ0v) is 7.29. The van der Waals surface area contributed by atoms with Crippen LogP contribution in [0.15, 0.2) is 10.5 Å². The van der Waals surface area contributed by atoms with Crippen LogP contribution in [0.2, 0.25) is 0 Å². The molecule has 2 aliphatic rings.